The molecule has 2 aromatic carbocycles. The number of aromatic nitrogens is 4. The molecular weight excluding hydrogens is 399 g/mol. The maximum Gasteiger partial charge on any atom is 0.256 e. The number of nitrogens with two attached hydrogens (primary N) is 1. The van der Waals surface area contributed by atoms with Crippen LogP contribution in [-0.4, -0.2) is 32.3 Å². The summed E-state index contributed by atoms with van der Waals surface area (Å²) in [5.74, 6) is -0.00315. The molecule has 4 aromatic rings. The van der Waals surface area contributed by atoms with Gasteiger partial charge in [-0.1, -0.05) is 30.3 Å². The summed E-state index contributed by atoms with van der Waals surface area (Å²) in [5, 5.41) is 8.08. The summed E-state index contributed by atoms with van der Waals surface area (Å²) in [6.07, 6.45) is 3.11. The van der Waals surface area contributed by atoms with E-state index in [-0.39, 0.29) is 11.5 Å². The second-order valence-electron chi connectivity index (χ2n) is 7.25. The van der Waals surface area contributed by atoms with Crippen molar-refractivity contribution in [2.75, 3.05) is 11.9 Å². The van der Waals surface area contributed by atoms with Crippen molar-refractivity contribution in [1.82, 2.24) is 19.7 Å². The molecule has 0 radical (unpaired) electrons. The summed E-state index contributed by atoms with van der Waals surface area (Å²) in [6.45, 7) is 1.13. The molecule has 1 aliphatic heterocycles. The highest BCUT2D eigenvalue weighted by Gasteiger charge is 2.22. The average Bonchev–Trinajstić information content (AvgIpc) is 3.21. The highest BCUT2D eigenvalue weighted by Crippen LogP contribution is 2.31. The first kappa shape index (κ1) is 19.0. The highest BCUT2D eigenvalue weighted by molar-refractivity contribution is 6.05. The van der Waals surface area contributed by atoms with Gasteiger partial charge in [0.05, 0.1) is 29.4 Å². The van der Waals surface area contributed by atoms with E-state index < -0.39 is 11.7 Å². The van der Waals surface area contributed by atoms with Gasteiger partial charge in [-0.2, -0.15) is 19.7 Å². The van der Waals surface area contributed by atoms with Crippen LogP contribution in [-0.2, 0) is 13.0 Å². The van der Waals surface area contributed by atoms with E-state index in [1.54, 1.807) is 0 Å². The van der Waals surface area contributed by atoms with Crippen LogP contribution in [0.1, 0.15) is 27.9 Å². The molecule has 0 atom stereocenters. The van der Waals surface area contributed by atoms with Crippen molar-refractivity contribution < 1.29 is 13.9 Å². The fraction of sp³-hybridized carbons (Fsp3) is 0.182. The first-order valence-electron chi connectivity index (χ1n) is 9.89. The molecule has 3 heterocycles. The van der Waals surface area contributed by atoms with Crippen molar-refractivity contribution in [3.8, 4) is 11.8 Å². The molecule has 1 aliphatic rings. The van der Waals surface area contributed by atoms with Gasteiger partial charge in [-0.15, -0.1) is 0 Å². The van der Waals surface area contributed by atoms with E-state index in [1.807, 2.05) is 30.3 Å². The van der Waals surface area contributed by atoms with E-state index in [0.29, 0.717) is 35.8 Å². The number of anilines is 1. The lowest BCUT2D eigenvalue weighted by atomic mass is 10.1. The number of halogens is 1. The third kappa shape index (κ3) is 3.54. The number of carbonyl (C=O) groups excluding carboxylic acids is 1. The van der Waals surface area contributed by atoms with Crippen LogP contribution in [0.25, 0.3) is 16.9 Å². The largest absolute Gasteiger partial charge is 0.477 e. The van der Waals surface area contributed by atoms with Gasteiger partial charge in [-0.3, -0.25) is 4.79 Å². The molecule has 0 saturated heterocycles. The van der Waals surface area contributed by atoms with E-state index in [4.69, 9.17) is 10.5 Å². The van der Waals surface area contributed by atoms with Gasteiger partial charge in [0.25, 0.3) is 5.95 Å². The molecule has 5 rings (SSSR count). The SMILES string of the molecule is NC(=O)c1cc(F)cc2c1cnn2-c1nc(NCc2ccccc2)c2c(n1)OCCC2. The lowest BCUT2D eigenvalue weighted by molar-refractivity contribution is 0.100. The van der Waals surface area contributed by atoms with E-state index in [9.17, 15) is 9.18 Å². The zero-order chi connectivity index (χ0) is 21.4. The van der Waals surface area contributed by atoms with Crippen LogP contribution in [0.3, 0.4) is 0 Å². The van der Waals surface area contributed by atoms with Crippen LogP contribution in [0.2, 0.25) is 0 Å². The van der Waals surface area contributed by atoms with Crippen molar-refractivity contribution in [3.63, 3.8) is 0 Å². The molecule has 0 aliphatic carbocycles. The Morgan fingerprint density at radius 3 is 2.87 bits per heavy atom. The van der Waals surface area contributed by atoms with Crippen LogP contribution < -0.4 is 15.8 Å². The third-order valence-electron chi connectivity index (χ3n) is 5.18. The van der Waals surface area contributed by atoms with E-state index >= 15 is 0 Å². The van der Waals surface area contributed by atoms with Crippen molar-refractivity contribution in [1.29, 1.82) is 0 Å². The number of benzene rings is 2. The summed E-state index contributed by atoms with van der Waals surface area (Å²) in [7, 11) is 0. The monoisotopic (exact) mass is 418 g/mol. The van der Waals surface area contributed by atoms with Crippen molar-refractivity contribution in [3.05, 3.63) is 71.2 Å². The normalized spacial score (nSPS) is 12.9. The van der Waals surface area contributed by atoms with E-state index in [2.05, 4.69) is 20.4 Å². The molecule has 0 bridgehead atoms. The molecule has 2 aromatic heterocycles. The smallest absolute Gasteiger partial charge is 0.256 e. The van der Waals surface area contributed by atoms with Crippen LogP contribution in [0.15, 0.2) is 48.7 Å². The molecule has 0 saturated carbocycles. The minimum atomic E-state index is -0.732. The lowest BCUT2D eigenvalue weighted by Crippen LogP contribution is -2.17. The standard InChI is InChI=1S/C22H19FN6O2/c23-14-9-16(19(24)30)17-12-26-29(18(17)10-14)22-27-20(15-7-4-8-31-21(15)28-22)25-11-13-5-2-1-3-6-13/h1-3,5-6,9-10,12H,4,7-8,11H2,(H2,24,30)(H,25,27,28). The van der Waals surface area contributed by atoms with Gasteiger partial charge in [0, 0.05) is 18.0 Å². The number of hydrogen-bond donors (Lipinski definition) is 2. The minimum Gasteiger partial charge on any atom is -0.477 e. The Labute approximate surface area is 176 Å². The Balaban J connectivity index is 1.61. The zero-order valence-corrected chi connectivity index (χ0v) is 16.5. The van der Waals surface area contributed by atoms with Gasteiger partial charge in [0.2, 0.25) is 11.8 Å². The van der Waals surface area contributed by atoms with E-state index in [1.165, 1.54) is 16.9 Å². The maximum absolute atomic E-state index is 14.2. The van der Waals surface area contributed by atoms with Gasteiger partial charge in [0.1, 0.15) is 11.6 Å². The molecule has 3 N–H and O–H groups in total. The molecule has 1 amide bonds. The lowest BCUT2D eigenvalue weighted by Gasteiger charge is -2.20. The van der Waals surface area contributed by atoms with Crippen molar-refractivity contribution in [2.45, 2.75) is 19.4 Å². The second kappa shape index (κ2) is 7.67. The molecular formula is C22H19FN6O2. The third-order valence-corrected chi connectivity index (χ3v) is 5.18. The second-order valence-corrected chi connectivity index (χ2v) is 7.25. The highest BCUT2D eigenvalue weighted by atomic mass is 19.1. The van der Waals surface area contributed by atoms with E-state index in [0.717, 1.165) is 30.0 Å². The molecule has 156 valence electrons. The first-order chi connectivity index (χ1) is 15.1. The Morgan fingerprint density at radius 2 is 2.06 bits per heavy atom. The predicted molar refractivity (Wildman–Crippen MR) is 113 cm³/mol. The minimum absolute atomic E-state index is 0.0536. The number of ether oxygens (including phenoxy) is 1. The fourth-order valence-electron chi connectivity index (χ4n) is 3.69. The van der Waals surface area contributed by atoms with Crippen LogP contribution >= 0.6 is 0 Å². The van der Waals surface area contributed by atoms with Gasteiger partial charge >= 0.3 is 0 Å². The fourth-order valence-corrected chi connectivity index (χ4v) is 3.69. The topological polar surface area (TPSA) is 108 Å². The number of carbonyl (C=O) groups is 1. The van der Waals surface area contributed by atoms with Crippen molar-refractivity contribution >= 4 is 22.6 Å². The van der Waals surface area contributed by atoms with Gasteiger partial charge in [-0.25, -0.2) is 4.39 Å². The number of hydrogen-bond acceptors (Lipinski definition) is 6. The summed E-state index contributed by atoms with van der Waals surface area (Å²) in [4.78, 5) is 20.9. The Kier molecular flexibility index (Phi) is 4.70. The Bertz CT molecular complexity index is 1290. The first-order valence-corrected chi connectivity index (χ1v) is 9.89. The number of amides is 1. The maximum atomic E-state index is 14.2. The number of rotatable bonds is 5. The van der Waals surface area contributed by atoms with Gasteiger partial charge < -0.3 is 15.8 Å². The molecule has 9 heteroatoms. The number of nitrogens with zero attached hydrogens (tertiary/aromatic N) is 4. The number of primary amides is 1. The molecule has 0 fully saturated rings. The molecule has 0 unspecified atom stereocenters. The van der Waals surface area contributed by atoms with Gasteiger partial charge in [-0.05, 0) is 24.5 Å². The predicted octanol–water partition coefficient (Wildman–Crippen LogP) is 2.99. The number of fused-ring (bicyclic) bond motifs is 2. The number of nitrogens with one attached hydrogen (secondary N) is 1. The van der Waals surface area contributed by atoms with Gasteiger partial charge in [0.15, 0.2) is 0 Å². The van der Waals surface area contributed by atoms with Crippen LogP contribution in [0.4, 0.5) is 10.2 Å². The quantitative estimate of drug-likeness (QED) is 0.516. The summed E-state index contributed by atoms with van der Waals surface area (Å²) < 4.78 is 21.3. The molecule has 8 nitrogen and oxygen atoms in total. The Morgan fingerprint density at radius 1 is 1.23 bits per heavy atom. The summed E-state index contributed by atoms with van der Waals surface area (Å²) >= 11 is 0. The Hall–Kier alpha value is -4.01. The average molecular weight is 418 g/mol. The van der Waals surface area contributed by atoms with Crippen molar-refractivity contribution in [2.24, 2.45) is 5.73 Å². The summed E-state index contributed by atoms with van der Waals surface area (Å²) in [6, 6.07) is 12.3. The zero-order valence-electron chi connectivity index (χ0n) is 16.5. The molecule has 0 spiro atoms. The van der Waals surface area contributed by atoms with Crippen LogP contribution in [0.5, 0.6) is 5.88 Å². The van der Waals surface area contributed by atoms with Crippen LogP contribution in [0, 0.1) is 5.82 Å². The molecule has 31 heavy (non-hydrogen) atoms. The summed E-state index contributed by atoms with van der Waals surface area (Å²) in [5.41, 5.74) is 7.80.